The molecule has 162 valence electrons. The number of aromatic nitrogens is 4. The molecule has 0 atom stereocenters. The zero-order valence-electron chi connectivity index (χ0n) is 16.9. The lowest BCUT2D eigenvalue weighted by atomic mass is 10.1. The SMILES string of the molecule is COc1cccc(CNCCCSc2nnnn2C)c1OCc1ccc(F)cc1.Cl. The van der Waals surface area contributed by atoms with Crippen molar-refractivity contribution in [3.63, 3.8) is 0 Å². The summed E-state index contributed by atoms with van der Waals surface area (Å²) < 4.78 is 26.2. The molecule has 3 aromatic rings. The summed E-state index contributed by atoms with van der Waals surface area (Å²) in [6.45, 7) is 1.86. The predicted molar refractivity (Wildman–Crippen MR) is 117 cm³/mol. The van der Waals surface area contributed by atoms with E-state index in [1.165, 1.54) is 12.1 Å². The van der Waals surface area contributed by atoms with E-state index in [0.29, 0.717) is 24.7 Å². The van der Waals surface area contributed by atoms with Gasteiger partial charge in [-0.3, -0.25) is 0 Å². The fourth-order valence-electron chi connectivity index (χ4n) is 2.69. The van der Waals surface area contributed by atoms with Crippen molar-refractivity contribution in [2.75, 3.05) is 19.4 Å². The van der Waals surface area contributed by atoms with Gasteiger partial charge in [0.1, 0.15) is 12.4 Å². The molecule has 0 saturated heterocycles. The molecule has 2 aromatic carbocycles. The number of hydrogen-bond donors (Lipinski definition) is 1. The van der Waals surface area contributed by atoms with Gasteiger partial charge in [0.2, 0.25) is 5.16 Å². The Hall–Kier alpha value is -2.36. The highest BCUT2D eigenvalue weighted by molar-refractivity contribution is 7.99. The molecule has 0 radical (unpaired) electrons. The topological polar surface area (TPSA) is 74.1 Å². The average molecular weight is 454 g/mol. The van der Waals surface area contributed by atoms with Crippen LogP contribution in [0.1, 0.15) is 17.5 Å². The van der Waals surface area contributed by atoms with Crippen molar-refractivity contribution in [1.82, 2.24) is 25.5 Å². The zero-order valence-corrected chi connectivity index (χ0v) is 18.5. The normalized spacial score (nSPS) is 10.5. The molecule has 0 spiro atoms. The number of nitrogens with zero attached hydrogens (tertiary/aromatic N) is 4. The van der Waals surface area contributed by atoms with Gasteiger partial charge >= 0.3 is 0 Å². The lowest BCUT2D eigenvalue weighted by molar-refractivity contribution is 0.280. The molecule has 0 saturated carbocycles. The average Bonchev–Trinajstić information content (AvgIpc) is 3.15. The fraction of sp³-hybridized carbons (Fsp3) is 0.350. The maximum atomic E-state index is 13.1. The number of nitrogens with one attached hydrogen (secondary N) is 1. The van der Waals surface area contributed by atoms with E-state index in [1.54, 1.807) is 35.7 Å². The number of methoxy groups -OCH3 is 1. The Labute approximate surface area is 185 Å². The fourth-order valence-corrected chi connectivity index (χ4v) is 3.48. The van der Waals surface area contributed by atoms with Crippen molar-refractivity contribution in [1.29, 1.82) is 0 Å². The second kappa shape index (κ2) is 12.4. The molecule has 0 amide bonds. The molecule has 30 heavy (non-hydrogen) atoms. The van der Waals surface area contributed by atoms with Crippen molar-refractivity contribution in [3.05, 3.63) is 59.4 Å². The molecule has 0 fully saturated rings. The Morgan fingerprint density at radius 3 is 2.67 bits per heavy atom. The summed E-state index contributed by atoms with van der Waals surface area (Å²) >= 11 is 1.63. The van der Waals surface area contributed by atoms with Crippen LogP contribution in [0.4, 0.5) is 4.39 Å². The number of ether oxygens (including phenoxy) is 2. The number of rotatable bonds is 11. The van der Waals surface area contributed by atoms with E-state index in [2.05, 4.69) is 20.8 Å². The quantitative estimate of drug-likeness (QED) is 0.351. The maximum absolute atomic E-state index is 13.1. The molecule has 10 heteroatoms. The van der Waals surface area contributed by atoms with Crippen molar-refractivity contribution in [2.45, 2.75) is 24.7 Å². The number of hydrogen-bond acceptors (Lipinski definition) is 7. The number of halogens is 2. The largest absolute Gasteiger partial charge is 0.493 e. The maximum Gasteiger partial charge on any atom is 0.209 e. The first kappa shape index (κ1) is 23.9. The second-order valence-electron chi connectivity index (χ2n) is 6.33. The number of thioether (sulfide) groups is 1. The van der Waals surface area contributed by atoms with Gasteiger partial charge in [0, 0.05) is 24.9 Å². The van der Waals surface area contributed by atoms with E-state index in [1.807, 2.05) is 25.2 Å². The first-order valence-electron chi connectivity index (χ1n) is 9.26. The molecule has 0 aliphatic heterocycles. The van der Waals surface area contributed by atoms with Gasteiger partial charge in [-0.2, -0.15) is 0 Å². The summed E-state index contributed by atoms with van der Waals surface area (Å²) in [7, 11) is 3.45. The van der Waals surface area contributed by atoms with E-state index in [0.717, 1.165) is 35.0 Å². The van der Waals surface area contributed by atoms with E-state index in [9.17, 15) is 4.39 Å². The van der Waals surface area contributed by atoms with Crippen molar-refractivity contribution < 1.29 is 13.9 Å². The number of tetrazole rings is 1. The van der Waals surface area contributed by atoms with Gasteiger partial charge in [-0.05, 0) is 47.2 Å². The predicted octanol–water partition coefficient (Wildman–Crippen LogP) is 3.63. The van der Waals surface area contributed by atoms with Crippen molar-refractivity contribution in [2.24, 2.45) is 7.05 Å². The summed E-state index contributed by atoms with van der Waals surface area (Å²) in [4.78, 5) is 0. The van der Waals surface area contributed by atoms with Crippen molar-refractivity contribution in [3.8, 4) is 11.5 Å². The molecule has 1 heterocycles. The third-order valence-electron chi connectivity index (χ3n) is 4.20. The molecule has 1 N–H and O–H groups in total. The Bertz CT molecular complexity index is 910. The van der Waals surface area contributed by atoms with Gasteiger partial charge in [0.15, 0.2) is 11.5 Å². The van der Waals surface area contributed by atoms with Crippen molar-refractivity contribution >= 4 is 24.2 Å². The summed E-state index contributed by atoms with van der Waals surface area (Å²) in [6, 6.07) is 12.1. The zero-order chi connectivity index (χ0) is 20.5. The third-order valence-corrected chi connectivity index (χ3v) is 5.30. The minimum Gasteiger partial charge on any atom is -0.493 e. The highest BCUT2D eigenvalue weighted by atomic mass is 35.5. The van der Waals surface area contributed by atoms with Crippen LogP contribution in [0.15, 0.2) is 47.6 Å². The van der Waals surface area contributed by atoms with E-state index in [-0.39, 0.29) is 18.2 Å². The van der Waals surface area contributed by atoms with Gasteiger partial charge in [-0.1, -0.05) is 36.0 Å². The van der Waals surface area contributed by atoms with E-state index < -0.39 is 0 Å². The highest BCUT2D eigenvalue weighted by Gasteiger charge is 2.11. The van der Waals surface area contributed by atoms with Gasteiger partial charge < -0.3 is 14.8 Å². The van der Waals surface area contributed by atoms with Gasteiger partial charge in [0.05, 0.1) is 7.11 Å². The molecule has 1 aromatic heterocycles. The summed E-state index contributed by atoms with van der Waals surface area (Å²) in [6.07, 6.45) is 0.979. The van der Waals surface area contributed by atoms with Gasteiger partial charge in [-0.15, -0.1) is 17.5 Å². The second-order valence-corrected chi connectivity index (χ2v) is 7.39. The lowest BCUT2D eigenvalue weighted by Crippen LogP contribution is -2.16. The number of para-hydroxylation sites is 1. The Morgan fingerprint density at radius 2 is 1.97 bits per heavy atom. The Balaban J connectivity index is 0.00000320. The van der Waals surface area contributed by atoms with Crippen LogP contribution in [0.2, 0.25) is 0 Å². The van der Waals surface area contributed by atoms with Crippen LogP contribution in [0.3, 0.4) is 0 Å². The molecule has 0 unspecified atom stereocenters. The van der Waals surface area contributed by atoms with Crippen LogP contribution >= 0.6 is 24.2 Å². The molecule has 3 rings (SSSR count). The molecular formula is C20H25ClFN5O2S. The standard InChI is InChI=1S/C20H24FN5O2S.ClH/c1-26-20(23-24-25-26)29-12-4-11-22-13-16-5-3-6-18(27-2)19(16)28-14-15-7-9-17(21)10-8-15;/h3,5-10,22H,4,11-14H2,1-2H3;1H. The van der Waals surface area contributed by atoms with Crippen LogP contribution in [0, 0.1) is 5.82 Å². The van der Waals surface area contributed by atoms with Crippen LogP contribution < -0.4 is 14.8 Å². The minimum atomic E-state index is -0.260. The molecule has 0 aliphatic rings. The number of aryl methyl sites for hydroxylation is 1. The molecule has 7 nitrogen and oxygen atoms in total. The monoisotopic (exact) mass is 453 g/mol. The molecule has 0 bridgehead atoms. The van der Waals surface area contributed by atoms with E-state index in [4.69, 9.17) is 9.47 Å². The highest BCUT2D eigenvalue weighted by Crippen LogP contribution is 2.31. The third kappa shape index (κ3) is 6.86. The smallest absolute Gasteiger partial charge is 0.209 e. The van der Waals surface area contributed by atoms with Gasteiger partial charge in [-0.25, -0.2) is 9.07 Å². The minimum absolute atomic E-state index is 0. The number of benzene rings is 2. The summed E-state index contributed by atoms with van der Waals surface area (Å²) in [5.41, 5.74) is 1.91. The van der Waals surface area contributed by atoms with Crippen LogP contribution in [-0.2, 0) is 20.2 Å². The van der Waals surface area contributed by atoms with Gasteiger partial charge in [0.25, 0.3) is 0 Å². The Morgan fingerprint density at radius 1 is 1.17 bits per heavy atom. The summed E-state index contributed by atoms with van der Waals surface area (Å²) in [5.74, 6) is 2.04. The lowest BCUT2D eigenvalue weighted by Gasteiger charge is -2.16. The van der Waals surface area contributed by atoms with Crippen LogP contribution in [-0.4, -0.2) is 39.6 Å². The van der Waals surface area contributed by atoms with Crippen LogP contribution in [0.25, 0.3) is 0 Å². The molecular weight excluding hydrogens is 429 g/mol. The molecule has 0 aliphatic carbocycles. The van der Waals surface area contributed by atoms with Crippen LogP contribution in [0.5, 0.6) is 11.5 Å². The Kier molecular flexibility index (Phi) is 9.85. The van der Waals surface area contributed by atoms with E-state index >= 15 is 0 Å². The summed E-state index contributed by atoms with van der Waals surface area (Å²) in [5, 5.41) is 15.7. The first-order valence-corrected chi connectivity index (χ1v) is 10.2. The first-order chi connectivity index (χ1) is 14.2.